The van der Waals surface area contributed by atoms with E-state index >= 15 is 0 Å². The molecule has 2 aromatic rings. The first-order chi connectivity index (χ1) is 14.7. The highest BCUT2D eigenvalue weighted by Crippen LogP contribution is 2.45. The number of hydrogen-bond donors (Lipinski definition) is 2. The zero-order valence-corrected chi connectivity index (χ0v) is 18.5. The topological polar surface area (TPSA) is 80.7 Å². The van der Waals surface area contributed by atoms with Crippen LogP contribution >= 0.6 is 0 Å². The number of anilines is 1. The summed E-state index contributed by atoms with van der Waals surface area (Å²) in [4.78, 5) is 14.2. The van der Waals surface area contributed by atoms with Gasteiger partial charge in [-0.15, -0.1) is 0 Å². The van der Waals surface area contributed by atoms with E-state index in [1.54, 1.807) is 24.4 Å². The Kier molecular flexibility index (Phi) is 8.47. The predicted octanol–water partition coefficient (Wildman–Crippen LogP) is 4.25. The van der Waals surface area contributed by atoms with E-state index in [9.17, 15) is 13.6 Å². The number of rotatable bonds is 6. The van der Waals surface area contributed by atoms with Gasteiger partial charge in [0.15, 0.2) is 11.6 Å². The Morgan fingerprint density at radius 3 is 2.65 bits per heavy atom. The van der Waals surface area contributed by atoms with Gasteiger partial charge >= 0.3 is 0 Å². The summed E-state index contributed by atoms with van der Waals surface area (Å²) in [6.07, 6.45) is 2.22. The summed E-state index contributed by atoms with van der Waals surface area (Å²) < 4.78 is 37.6. The SMILES string of the molecule is CC(CO)c1cc(NC=O)ccn1.COc1c(C2COC(C)(C)C2C)ccc(F)c1F. The predicted molar refractivity (Wildman–Crippen MR) is 114 cm³/mol. The number of carbonyl (C=O) groups is 1. The molecule has 170 valence electrons. The summed E-state index contributed by atoms with van der Waals surface area (Å²) in [5.74, 6) is -1.60. The first-order valence-electron chi connectivity index (χ1n) is 10.1. The molecule has 0 radical (unpaired) electrons. The highest BCUT2D eigenvalue weighted by Gasteiger charge is 2.42. The third kappa shape index (κ3) is 5.77. The molecular weight excluding hydrogens is 406 g/mol. The summed E-state index contributed by atoms with van der Waals surface area (Å²) in [6.45, 7) is 8.48. The lowest BCUT2D eigenvalue weighted by molar-refractivity contribution is -0.105. The van der Waals surface area contributed by atoms with E-state index in [4.69, 9.17) is 14.6 Å². The molecule has 1 aliphatic rings. The van der Waals surface area contributed by atoms with Crippen LogP contribution in [0.2, 0.25) is 0 Å². The summed E-state index contributed by atoms with van der Waals surface area (Å²) in [5.41, 5.74) is 1.88. The molecule has 0 bridgehead atoms. The smallest absolute Gasteiger partial charge is 0.211 e. The number of aromatic nitrogens is 1. The molecule has 1 amide bonds. The molecule has 1 fully saturated rings. The molecule has 1 aliphatic heterocycles. The minimum absolute atomic E-state index is 0.00611. The van der Waals surface area contributed by atoms with E-state index in [0.717, 1.165) is 11.8 Å². The van der Waals surface area contributed by atoms with Crippen molar-refractivity contribution in [1.29, 1.82) is 0 Å². The van der Waals surface area contributed by atoms with Gasteiger partial charge in [0.25, 0.3) is 0 Å². The van der Waals surface area contributed by atoms with Crippen LogP contribution < -0.4 is 10.1 Å². The van der Waals surface area contributed by atoms with Crippen LogP contribution in [0.5, 0.6) is 5.75 Å². The maximum atomic E-state index is 13.7. The van der Waals surface area contributed by atoms with Crippen molar-refractivity contribution in [1.82, 2.24) is 4.98 Å². The van der Waals surface area contributed by atoms with E-state index < -0.39 is 11.6 Å². The largest absolute Gasteiger partial charge is 0.493 e. The van der Waals surface area contributed by atoms with E-state index in [1.807, 2.05) is 20.8 Å². The van der Waals surface area contributed by atoms with Crippen LogP contribution in [0.25, 0.3) is 0 Å². The van der Waals surface area contributed by atoms with Crippen molar-refractivity contribution in [2.24, 2.45) is 5.92 Å². The number of aliphatic hydroxyl groups is 1. The Balaban J connectivity index is 0.000000233. The van der Waals surface area contributed by atoms with E-state index in [1.165, 1.54) is 7.11 Å². The number of nitrogens with zero attached hydrogens (tertiary/aromatic N) is 1. The molecule has 2 N–H and O–H groups in total. The Morgan fingerprint density at radius 2 is 2.10 bits per heavy atom. The average molecular weight is 436 g/mol. The first kappa shape index (κ1) is 24.7. The fourth-order valence-corrected chi connectivity index (χ4v) is 3.44. The number of halogens is 2. The molecule has 6 nitrogen and oxygen atoms in total. The van der Waals surface area contributed by atoms with Crippen molar-refractivity contribution in [3.05, 3.63) is 53.4 Å². The van der Waals surface area contributed by atoms with Gasteiger partial charge in [-0.05, 0) is 38.0 Å². The normalized spacial score (nSPS) is 20.4. The second kappa shape index (κ2) is 10.6. The van der Waals surface area contributed by atoms with Gasteiger partial charge in [0.1, 0.15) is 0 Å². The Hall–Kier alpha value is -2.58. The summed E-state index contributed by atoms with van der Waals surface area (Å²) in [6, 6.07) is 6.17. The van der Waals surface area contributed by atoms with Crippen LogP contribution in [0.1, 0.15) is 50.8 Å². The van der Waals surface area contributed by atoms with Crippen molar-refractivity contribution in [2.75, 3.05) is 25.6 Å². The second-order valence-corrected chi connectivity index (χ2v) is 8.11. The number of amides is 1. The van der Waals surface area contributed by atoms with Crippen molar-refractivity contribution < 1.29 is 28.2 Å². The number of ether oxygens (including phenoxy) is 2. The molecular formula is C23H30F2N2O4. The number of carbonyl (C=O) groups excluding carboxylic acids is 1. The molecule has 1 saturated heterocycles. The monoisotopic (exact) mass is 436 g/mol. The molecule has 1 aromatic heterocycles. The lowest BCUT2D eigenvalue weighted by atomic mass is 9.81. The molecule has 0 aliphatic carbocycles. The van der Waals surface area contributed by atoms with Gasteiger partial charge in [0.2, 0.25) is 12.2 Å². The molecule has 3 rings (SSSR count). The molecule has 0 spiro atoms. The Bertz CT molecular complexity index is 892. The highest BCUT2D eigenvalue weighted by molar-refractivity contribution is 5.70. The standard InChI is InChI=1S/C14H18F2O2.C9H12N2O2/c1-8-10(7-18-14(8,2)3)9-5-6-11(15)12(16)13(9)17-4;1-7(5-12)9-4-8(11-6-13)2-3-10-9/h5-6,8,10H,7H2,1-4H3;2-4,6-7,12H,5H2,1H3,(H,10,11,13). The van der Waals surface area contributed by atoms with E-state index in [-0.39, 0.29) is 35.7 Å². The molecule has 2 heterocycles. The van der Waals surface area contributed by atoms with Gasteiger partial charge in [-0.1, -0.05) is 19.9 Å². The van der Waals surface area contributed by atoms with Gasteiger partial charge in [0.05, 0.1) is 25.9 Å². The Labute approximate surface area is 181 Å². The fourth-order valence-electron chi connectivity index (χ4n) is 3.44. The third-order valence-electron chi connectivity index (χ3n) is 5.80. The molecule has 31 heavy (non-hydrogen) atoms. The lowest BCUT2D eigenvalue weighted by Crippen LogP contribution is -2.26. The van der Waals surface area contributed by atoms with Crippen LogP contribution in [-0.2, 0) is 9.53 Å². The number of nitrogens with one attached hydrogen (secondary N) is 1. The third-order valence-corrected chi connectivity index (χ3v) is 5.80. The van der Waals surface area contributed by atoms with Crippen LogP contribution in [0, 0.1) is 17.6 Å². The van der Waals surface area contributed by atoms with E-state index in [2.05, 4.69) is 17.2 Å². The Morgan fingerprint density at radius 1 is 1.39 bits per heavy atom. The number of benzene rings is 1. The van der Waals surface area contributed by atoms with Gasteiger partial charge in [-0.2, -0.15) is 4.39 Å². The maximum Gasteiger partial charge on any atom is 0.211 e. The number of pyridine rings is 1. The van der Waals surface area contributed by atoms with E-state index in [0.29, 0.717) is 24.3 Å². The summed E-state index contributed by atoms with van der Waals surface area (Å²) >= 11 is 0. The minimum Gasteiger partial charge on any atom is -0.493 e. The van der Waals surface area contributed by atoms with Gasteiger partial charge in [-0.25, -0.2) is 4.39 Å². The molecule has 3 atom stereocenters. The van der Waals surface area contributed by atoms with Crippen molar-refractivity contribution in [3.63, 3.8) is 0 Å². The molecule has 0 saturated carbocycles. The second-order valence-electron chi connectivity index (χ2n) is 8.11. The van der Waals surface area contributed by atoms with Gasteiger partial charge in [-0.3, -0.25) is 9.78 Å². The average Bonchev–Trinajstić information content (AvgIpc) is 3.03. The lowest BCUT2D eigenvalue weighted by Gasteiger charge is -2.25. The van der Waals surface area contributed by atoms with Crippen LogP contribution in [0.4, 0.5) is 14.5 Å². The van der Waals surface area contributed by atoms with Crippen LogP contribution in [0.3, 0.4) is 0 Å². The van der Waals surface area contributed by atoms with Crippen LogP contribution in [-0.4, -0.2) is 42.4 Å². The minimum atomic E-state index is -0.924. The fraction of sp³-hybridized carbons (Fsp3) is 0.478. The van der Waals surface area contributed by atoms with Gasteiger partial charge in [0, 0.05) is 35.0 Å². The number of aliphatic hydroxyl groups excluding tert-OH is 1. The first-order valence-corrected chi connectivity index (χ1v) is 10.1. The zero-order valence-electron chi connectivity index (χ0n) is 18.5. The maximum absolute atomic E-state index is 13.7. The van der Waals surface area contributed by atoms with Gasteiger partial charge < -0.3 is 19.9 Å². The van der Waals surface area contributed by atoms with Crippen molar-refractivity contribution in [2.45, 2.75) is 45.1 Å². The molecule has 3 unspecified atom stereocenters. The number of methoxy groups -OCH3 is 1. The zero-order chi connectivity index (χ0) is 23.2. The highest BCUT2D eigenvalue weighted by atomic mass is 19.2. The summed E-state index contributed by atoms with van der Waals surface area (Å²) in [5, 5.41) is 11.4. The van der Waals surface area contributed by atoms with Crippen LogP contribution in [0.15, 0.2) is 30.5 Å². The molecule has 8 heteroatoms. The van der Waals surface area contributed by atoms with Crippen molar-refractivity contribution in [3.8, 4) is 5.75 Å². The number of hydrogen-bond acceptors (Lipinski definition) is 5. The van der Waals surface area contributed by atoms with Crippen molar-refractivity contribution >= 4 is 12.1 Å². The summed E-state index contributed by atoms with van der Waals surface area (Å²) in [7, 11) is 1.35. The quantitative estimate of drug-likeness (QED) is 0.662. The molecule has 1 aromatic carbocycles.